The Balaban J connectivity index is 2.51. The second kappa shape index (κ2) is 7.41. The van der Waals surface area contributed by atoms with Crippen LogP contribution in [-0.2, 0) is 11.2 Å². The first-order chi connectivity index (χ1) is 7.76. The van der Waals surface area contributed by atoms with Crippen molar-refractivity contribution >= 4 is 17.4 Å². The summed E-state index contributed by atoms with van der Waals surface area (Å²) in [4.78, 5) is 8.53. The summed E-state index contributed by atoms with van der Waals surface area (Å²) >= 11 is 5.91. The van der Waals surface area contributed by atoms with Crippen LogP contribution in [0.1, 0.15) is 25.6 Å². The zero-order chi connectivity index (χ0) is 11.8. The zero-order valence-electron chi connectivity index (χ0n) is 9.79. The van der Waals surface area contributed by atoms with Crippen molar-refractivity contribution in [3.8, 4) is 0 Å². The average molecular weight is 244 g/mol. The Hall–Kier alpha value is -0.870. The molecule has 1 rings (SSSR count). The standard InChI is InChI=1S/C11H18ClN3O/c1-3-5-10-14-9(12)8-11(15-10)13-6-4-7-16-2/h8H,3-7H2,1-2H3,(H,13,14,15). The summed E-state index contributed by atoms with van der Waals surface area (Å²) in [6, 6.07) is 1.74. The molecular formula is C11H18ClN3O. The van der Waals surface area contributed by atoms with Gasteiger partial charge in [0.05, 0.1) is 0 Å². The highest BCUT2D eigenvalue weighted by atomic mass is 35.5. The minimum absolute atomic E-state index is 0.493. The van der Waals surface area contributed by atoms with Gasteiger partial charge < -0.3 is 10.1 Å². The molecule has 0 aliphatic carbocycles. The van der Waals surface area contributed by atoms with Gasteiger partial charge in [0.2, 0.25) is 0 Å². The minimum atomic E-state index is 0.493. The van der Waals surface area contributed by atoms with Gasteiger partial charge >= 0.3 is 0 Å². The summed E-state index contributed by atoms with van der Waals surface area (Å²) in [5.41, 5.74) is 0. The maximum atomic E-state index is 5.91. The second-order valence-corrected chi connectivity index (χ2v) is 3.90. The second-order valence-electron chi connectivity index (χ2n) is 3.52. The van der Waals surface area contributed by atoms with E-state index in [9.17, 15) is 0 Å². The molecule has 0 unspecified atom stereocenters. The van der Waals surface area contributed by atoms with E-state index in [0.29, 0.717) is 5.15 Å². The number of halogens is 1. The highest BCUT2D eigenvalue weighted by molar-refractivity contribution is 6.29. The van der Waals surface area contributed by atoms with Crippen LogP contribution < -0.4 is 5.32 Å². The monoisotopic (exact) mass is 243 g/mol. The molecule has 0 atom stereocenters. The number of aromatic nitrogens is 2. The molecule has 4 nitrogen and oxygen atoms in total. The van der Waals surface area contributed by atoms with E-state index in [0.717, 1.165) is 44.1 Å². The highest BCUT2D eigenvalue weighted by Gasteiger charge is 2.01. The van der Waals surface area contributed by atoms with Gasteiger partial charge in [-0.15, -0.1) is 0 Å². The van der Waals surface area contributed by atoms with Crippen LogP contribution in [0.15, 0.2) is 6.07 Å². The molecule has 0 fully saturated rings. The first kappa shape index (κ1) is 13.2. The van der Waals surface area contributed by atoms with Crippen LogP contribution >= 0.6 is 11.6 Å². The van der Waals surface area contributed by atoms with Crippen molar-refractivity contribution in [3.05, 3.63) is 17.0 Å². The highest BCUT2D eigenvalue weighted by Crippen LogP contribution is 2.12. The summed E-state index contributed by atoms with van der Waals surface area (Å²) in [7, 11) is 1.70. The van der Waals surface area contributed by atoms with E-state index in [4.69, 9.17) is 16.3 Å². The smallest absolute Gasteiger partial charge is 0.134 e. The molecule has 1 heterocycles. The van der Waals surface area contributed by atoms with Crippen LogP contribution in [0.3, 0.4) is 0 Å². The quantitative estimate of drug-likeness (QED) is 0.591. The van der Waals surface area contributed by atoms with Crippen molar-refractivity contribution < 1.29 is 4.74 Å². The van der Waals surface area contributed by atoms with Crippen LogP contribution in [0, 0.1) is 0 Å². The number of methoxy groups -OCH3 is 1. The third kappa shape index (κ3) is 4.77. The van der Waals surface area contributed by atoms with Crippen LogP contribution in [0.25, 0.3) is 0 Å². The lowest BCUT2D eigenvalue weighted by molar-refractivity contribution is 0.198. The molecule has 0 aliphatic rings. The molecule has 16 heavy (non-hydrogen) atoms. The largest absolute Gasteiger partial charge is 0.385 e. The number of nitrogens with zero attached hydrogens (tertiary/aromatic N) is 2. The Labute approximate surface area is 101 Å². The molecule has 0 bridgehead atoms. The van der Waals surface area contributed by atoms with Crippen LogP contribution in [0.4, 0.5) is 5.82 Å². The van der Waals surface area contributed by atoms with Gasteiger partial charge in [-0.05, 0) is 12.8 Å². The van der Waals surface area contributed by atoms with Gasteiger partial charge in [-0.1, -0.05) is 18.5 Å². The van der Waals surface area contributed by atoms with Crippen LogP contribution in [0.2, 0.25) is 5.15 Å². The predicted octanol–water partition coefficient (Wildman–Crippen LogP) is 2.53. The fourth-order valence-corrected chi connectivity index (χ4v) is 1.52. The molecule has 0 spiro atoms. The Morgan fingerprint density at radius 1 is 1.44 bits per heavy atom. The summed E-state index contributed by atoms with van der Waals surface area (Å²) in [5, 5.41) is 3.70. The van der Waals surface area contributed by atoms with Gasteiger partial charge in [0.15, 0.2) is 0 Å². The fourth-order valence-electron chi connectivity index (χ4n) is 1.32. The Bertz CT molecular complexity index is 320. The van der Waals surface area contributed by atoms with E-state index in [1.807, 2.05) is 0 Å². The molecule has 1 aromatic rings. The summed E-state index contributed by atoms with van der Waals surface area (Å²) in [6.45, 7) is 3.66. The number of ether oxygens (including phenoxy) is 1. The van der Waals surface area contributed by atoms with Gasteiger partial charge in [-0.2, -0.15) is 0 Å². The Morgan fingerprint density at radius 2 is 2.25 bits per heavy atom. The molecule has 90 valence electrons. The number of anilines is 1. The zero-order valence-corrected chi connectivity index (χ0v) is 10.5. The molecule has 1 aromatic heterocycles. The van der Waals surface area contributed by atoms with E-state index in [1.54, 1.807) is 13.2 Å². The first-order valence-corrected chi connectivity index (χ1v) is 5.90. The molecule has 5 heteroatoms. The maximum absolute atomic E-state index is 5.91. The van der Waals surface area contributed by atoms with Crippen molar-refractivity contribution in [2.75, 3.05) is 25.6 Å². The SMILES string of the molecule is CCCc1nc(Cl)cc(NCCCOC)n1. The van der Waals surface area contributed by atoms with Crippen LogP contribution in [-0.4, -0.2) is 30.2 Å². The van der Waals surface area contributed by atoms with Crippen LogP contribution in [0.5, 0.6) is 0 Å². The first-order valence-electron chi connectivity index (χ1n) is 5.52. The average Bonchev–Trinajstić information content (AvgIpc) is 2.24. The van der Waals surface area contributed by atoms with Gasteiger partial charge in [-0.3, -0.25) is 0 Å². The number of rotatable bonds is 7. The molecule has 0 aliphatic heterocycles. The Kier molecular flexibility index (Phi) is 6.11. The molecule has 0 aromatic carbocycles. The van der Waals surface area contributed by atoms with Crippen molar-refractivity contribution in [2.24, 2.45) is 0 Å². The molecule has 0 amide bonds. The minimum Gasteiger partial charge on any atom is -0.385 e. The molecular weight excluding hydrogens is 226 g/mol. The van der Waals surface area contributed by atoms with Gasteiger partial charge in [0, 0.05) is 32.7 Å². The molecule has 1 N–H and O–H groups in total. The van der Waals surface area contributed by atoms with E-state index in [2.05, 4.69) is 22.2 Å². The van der Waals surface area contributed by atoms with Gasteiger partial charge in [-0.25, -0.2) is 9.97 Å². The van der Waals surface area contributed by atoms with Gasteiger partial charge in [0.25, 0.3) is 0 Å². The van der Waals surface area contributed by atoms with E-state index < -0.39 is 0 Å². The van der Waals surface area contributed by atoms with Crippen molar-refractivity contribution in [1.29, 1.82) is 0 Å². The lowest BCUT2D eigenvalue weighted by Crippen LogP contribution is -2.08. The summed E-state index contributed by atoms with van der Waals surface area (Å²) < 4.78 is 4.97. The number of nitrogens with one attached hydrogen (secondary N) is 1. The van der Waals surface area contributed by atoms with E-state index in [1.165, 1.54) is 0 Å². The van der Waals surface area contributed by atoms with Crippen molar-refractivity contribution in [1.82, 2.24) is 9.97 Å². The lowest BCUT2D eigenvalue weighted by Gasteiger charge is -2.07. The third-order valence-electron chi connectivity index (χ3n) is 2.05. The summed E-state index contributed by atoms with van der Waals surface area (Å²) in [6.07, 6.45) is 2.82. The molecule has 0 saturated heterocycles. The normalized spacial score (nSPS) is 10.4. The fraction of sp³-hybridized carbons (Fsp3) is 0.636. The number of hydrogen-bond donors (Lipinski definition) is 1. The number of aryl methyl sites for hydroxylation is 1. The molecule has 0 saturated carbocycles. The third-order valence-corrected chi connectivity index (χ3v) is 2.24. The lowest BCUT2D eigenvalue weighted by atomic mass is 10.3. The van der Waals surface area contributed by atoms with Crippen molar-refractivity contribution in [2.45, 2.75) is 26.2 Å². The molecule has 0 radical (unpaired) electrons. The predicted molar refractivity (Wildman–Crippen MR) is 66.0 cm³/mol. The van der Waals surface area contributed by atoms with E-state index >= 15 is 0 Å². The summed E-state index contributed by atoms with van der Waals surface area (Å²) in [5.74, 6) is 1.59. The van der Waals surface area contributed by atoms with Gasteiger partial charge in [0.1, 0.15) is 16.8 Å². The van der Waals surface area contributed by atoms with E-state index in [-0.39, 0.29) is 0 Å². The maximum Gasteiger partial charge on any atom is 0.134 e. The topological polar surface area (TPSA) is 47.0 Å². The Morgan fingerprint density at radius 3 is 2.94 bits per heavy atom. The number of hydrogen-bond acceptors (Lipinski definition) is 4. The van der Waals surface area contributed by atoms with Crippen molar-refractivity contribution in [3.63, 3.8) is 0 Å².